The van der Waals surface area contributed by atoms with E-state index in [4.69, 9.17) is 0 Å². The summed E-state index contributed by atoms with van der Waals surface area (Å²) in [6.45, 7) is 4.93. The van der Waals surface area contributed by atoms with Gasteiger partial charge in [0, 0.05) is 19.5 Å². The van der Waals surface area contributed by atoms with Crippen molar-refractivity contribution in [3.8, 4) is 0 Å². The molecule has 1 N–H and O–H groups in total. The van der Waals surface area contributed by atoms with Crippen molar-refractivity contribution >= 4 is 11.4 Å². The average Bonchev–Trinajstić information content (AvgIpc) is 2.81. The van der Waals surface area contributed by atoms with Crippen LogP contribution in [0.5, 0.6) is 0 Å². The summed E-state index contributed by atoms with van der Waals surface area (Å²) < 4.78 is 0. The first-order chi connectivity index (χ1) is 10.3. The predicted molar refractivity (Wildman–Crippen MR) is 88.8 cm³/mol. The Morgan fingerprint density at radius 1 is 1.24 bits per heavy atom. The molecule has 0 bridgehead atoms. The van der Waals surface area contributed by atoms with Crippen molar-refractivity contribution in [3.05, 3.63) is 78.4 Å². The first-order valence-electron chi connectivity index (χ1n) is 7.28. The van der Waals surface area contributed by atoms with Gasteiger partial charge in [-0.15, -0.1) is 0 Å². The van der Waals surface area contributed by atoms with Gasteiger partial charge in [0.05, 0.1) is 0 Å². The van der Waals surface area contributed by atoms with Crippen LogP contribution in [0, 0.1) is 0 Å². The third-order valence-electron chi connectivity index (χ3n) is 3.37. The Kier molecular flexibility index (Phi) is 5.92. The van der Waals surface area contributed by atoms with E-state index in [1.54, 1.807) is 0 Å². The minimum atomic E-state index is 0.0815. The molecule has 0 radical (unpaired) electrons. The summed E-state index contributed by atoms with van der Waals surface area (Å²) in [7, 11) is 0. The Labute approximate surface area is 126 Å². The van der Waals surface area contributed by atoms with Crippen molar-refractivity contribution in [2.24, 2.45) is 0 Å². The minimum absolute atomic E-state index is 0.0815. The van der Waals surface area contributed by atoms with E-state index >= 15 is 0 Å². The smallest absolute Gasteiger partial charge is 0.156 e. The van der Waals surface area contributed by atoms with Crippen molar-refractivity contribution < 1.29 is 4.79 Å². The van der Waals surface area contributed by atoms with E-state index in [9.17, 15) is 4.79 Å². The van der Waals surface area contributed by atoms with Crippen molar-refractivity contribution in [1.29, 1.82) is 0 Å². The lowest BCUT2D eigenvalue weighted by Crippen LogP contribution is -2.17. The van der Waals surface area contributed by atoms with Gasteiger partial charge in [-0.05, 0) is 29.2 Å². The Bertz CT molecular complexity index is 576. The fourth-order valence-corrected chi connectivity index (χ4v) is 2.13. The molecular formula is C19H21NO. The van der Waals surface area contributed by atoms with Crippen LogP contribution in [0.15, 0.2) is 67.3 Å². The van der Waals surface area contributed by atoms with Crippen LogP contribution in [0.2, 0.25) is 0 Å². The number of allylic oxidation sites excluding steroid dienone is 7. The lowest BCUT2D eigenvalue weighted by Gasteiger charge is -2.06. The van der Waals surface area contributed by atoms with Gasteiger partial charge in [-0.3, -0.25) is 4.79 Å². The molecule has 0 spiro atoms. The standard InChI is InChI=1S/C19H21NO/c1-2-19(21)13-14-20-15-16-9-11-18(12-10-16)17-7-5-3-4-6-8-17/h2-3,5-12,20H,1,4,13-15H2. The van der Waals surface area contributed by atoms with Gasteiger partial charge in [-0.25, -0.2) is 0 Å². The molecule has 0 fully saturated rings. The Hall–Kier alpha value is -2.19. The van der Waals surface area contributed by atoms with Crippen LogP contribution in [0.4, 0.5) is 0 Å². The number of hydrogen-bond acceptors (Lipinski definition) is 2. The highest BCUT2D eigenvalue weighted by Crippen LogP contribution is 2.19. The normalized spacial score (nSPS) is 13.6. The second-order valence-corrected chi connectivity index (χ2v) is 4.98. The van der Waals surface area contributed by atoms with Crippen molar-refractivity contribution in [2.45, 2.75) is 19.4 Å². The molecular weight excluding hydrogens is 258 g/mol. The van der Waals surface area contributed by atoms with E-state index < -0.39 is 0 Å². The van der Waals surface area contributed by atoms with Gasteiger partial charge in [-0.2, -0.15) is 0 Å². The SMILES string of the molecule is C=CC(=O)CCNCc1ccc(C2=CC=CCC=C2)cc1. The molecule has 0 unspecified atom stereocenters. The molecule has 0 amide bonds. The Morgan fingerprint density at radius 3 is 2.81 bits per heavy atom. The number of benzene rings is 1. The summed E-state index contributed by atoms with van der Waals surface area (Å²) in [5.41, 5.74) is 3.68. The number of hydrogen-bond donors (Lipinski definition) is 1. The van der Waals surface area contributed by atoms with Crippen LogP contribution in [0.25, 0.3) is 5.57 Å². The van der Waals surface area contributed by atoms with Gasteiger partial charge in [0.15, 0.2) is 5.78 Å². The lowest BCUT2D eigenvalue weighted by atomic mass is 10.0. The molecule has 108 valence electrons. The highest BCUT2D eigenvalue weighted by Gasteiger charge is 2.00. The van der Waals surface area contributed by atoms with Gasteiger partial charge < -0.3 is 5.32 Å². The van der Waals surface area contributed by atoms with Crippen LogP contribution < -0.4 is 5.32 Å². The predicted octanol–water partition coefficient (Wildman–Crippen LogP) is 3.82. The molecule has 0 aliphatic heterocycles. The molecule has 2 rings (SSSR count). The molecule has 21 heavy (non-hydrogen) atoms. The van der Waals surface area contributed by atoms with Crippen LogP contribution in [0.3, 0.4) is 0 Å². The monoisotopic (exact) mass is 279 g/mol. The molecule has 1 aliphatic carbocycles. The molecule has 0 saturated heterocycles. The number of carbonyl (C=O) groups is 1. The van der Waals surface area contributed by atoms with Gasteiger partial charge in [0.2, 0.25) is 0 Å². The van der Waals surface area contributed by atoms with Gasteiger partial charge >= 0.3 is 0 Å². The molecule has 0 heterocycles. The van der Waals surface area contributed by atoms with Crippen molar-refractivity contribution in [3.63, 3.8) is 0 Å². The van der Waals surface area contributed by atoms with Gasteiger partial charge in [0.1, 0.15) is 0 Å². The van der Waals surface area contributed by atoms with Crippen molar-refractivity contribution in [1.82, 2.24) is 5.32 Å². The maximum atomic E-state index is 11.1. The van der Waals surface area contributed by atoms with E-state index in [2.05, 4.69) is 66.5 Å². The Morgan fingerprint density at radius 2 is 2.05 bits per heavy atom. The third kappa shape index (κ3) is 5.01. The number of nitrogens with one attached hydrogen (secondary N) is 1. The van der Waals surface area contributed by atoms with E-state index in [0.29, 0.717) is 13.0 Å². The molecule has 0 atom stereocenters. The average molecular weight is 279 g/mol. The molecule has 1 aromatic rings. The molecule has 2 heteroatoms. The molecule has 0 saturated carbocycles. The third-order valence-corrected chi connectivity index (χ3v) is 3.37. The quantitative estimate of drug-likeness (QED) is 0.607. The molecule has 2 nitrogen and oxygen atoms in total. The number of ketones is 1. The number of carbonyl (C=O) groups excluding carboxylic acids is 1. The highest BCUT2D eigenvalue weighted by atomic mass is 16.1. The number of rotatable bonds is 7. The Balaban J connectivity index is 1.87. The summed E-state index contributed by atoms with van der Waals surface area (Å²) in [5.74, 6) is 0.0815. The van der Waals surface area contributed by atoms with Crippen LogP contribution in [-0.4, -0.2) is 12.3 Å². The van der Waals surface area contributed by atoms with E-state index in [1.165, 1.54) is 22.8 Å². The largest absolute Gasteiger partial charge is 0.312 e. The molecule has 0 aromatic heterocycles. The second-order valence-electron chi connectivity index (χ2n) is 4.98. The van der Waals surface area contributed by atoms with E-state index in [0.717, 1.165) is 13.0 Å². The van der Waals surface area contributed by atoms with Gasteiger partial charge in [0.25, 0.3) is 0 Å². The topological polar surface area (TPSA) is 29.1 Å². The maximum absolute atomic E-state index is 11.1. The minimum Gasteiger partial charge on any atom is -0.312 e. The zero-order valence-corrected chi connectivity index (χ0v) is 12.2. The van der Waals surface area contributed by atoms with E-state index in [-0.39, 0.29) is 5.78 Å². The fraction of sp³-hybridized carbons (Fsp3) is 0.211. The maximum Gasteiger partial charge on any atom is 0.156 e. The van der Waals surface area contributed by atoms with E-state index in [1.807, 2.05) is 0 Å². The molecule has 1 aromatic carbocycles. The van der Waals surface area contributed by atoms with Gasteiger partial charge in [-0.1, -0.05) is 61.2 Å². The summed E-state index contributed by atoms with van der Waals surface area (Å²) in [4.78, 5) is 11.1. The first-order valence-corrected chi connectivity index (χ1v) is 7.28. The summed E-state index contributed by atoms with van der Waals surface area (Å²) >= 11 is 0. The fourth-order valence-electron chi connectivity index (χ4n) is 2.13. The first kappa shape index (κ1) is 15.2. The molecule has 1 aliphatic rings. The van der Waals surface area contributed by atoms with Crippen LogP contribution >= 0.6 is 0 Å². The zero-order chi connectivity index (χ0) is 14.9. The zero-order valence-electron chi connectivity index (χ0n) is 12.2. The van der Waals surface area contributed by atoms with Crippen LogP contribution in [-0.2, 0) is 11.3 Å². The summed E-state index contributed by atoms with van der Waals surface area (Å²) in [6.07, 6.45) is 13.6. The summed E-state index contributed by atoms with van der Waals surface area (Å²) in [6, 6.07) is 8.53. The van der Waals surface area contributed by atoms with Crippen LogP contribution in [0.1, 0.15) is 24.0 Å². The van der Waals surface area contributed by atoms with Crippen molar-refractivity contribution in [2.75, 3.05) is 6.54 Å². The highest BCUT2D eigenvalue weighted by molar-refractivity contribution is 5.89. The lowest BCUT2D eigenvalue weighted by molar-refractivity contribution is -0.114. The summed E-state index contributed by atoms with van der Waals surface area (Å²) in [5, 5.41) is 3.27. The second kappa shape index (κ2) is 8.18.